The first kappa shape index (κ1) is 18.4. The van der Waals surface area contributed by atoms with E-state index >= 15 is 0 Å². The summed E-state index contributed by atoms with van der Waals surface area (Å²) < 4.78 is 5.69. The first-order valence-electron chi connectivity index (χ1n) is 8.08. The summed E-state index contributed by atoms with van der Waals surface area (Å²) in [5.74, 6) is 0.678. The molecule has 6 heteroatoms. The second-order valence-corrected chi connectivity index (χ2v) is 6.78. The normalized spacial score (nSPS) is 13.3. The predicted octanol–water partition coefficient (Wildman–Crippen LogP) is 2.85. The van der Waals surface area contributed by atoms with Crippen molar-refractivity contribution in [3.8, 4) is 5.75 Å². The van der Waals surface area contributed by atoms with Crippen LogP contribution in [-0.2, 0) is 17.8 Å². The lowest BCUT2D eigenvalue weighted by Crippen LogP contribution is -2.42. The van der Waals surface area contributed by atoms with Crippen LogP contribution in [0.3, 0.4) is 0 Å². The third-order valence-corrected chi connectivity index (χ3v) is 4.56. The van der Waals surface area contributed by atoms with Crippen LogP contribution in [0.1, 0.15) is 36.5 Å². The smallest absolute Gasteiger partial charge is 0.226 e. The number of aromatic nitrogens is 1. The minimum absolute atomic E-state index is 0.126. The van der Waals surface area contributed by atoms with Crippen LogP contribution < -0.4 is 10.1 Å². The Labute approximate surface area is 146 Å². The molecule has 0 unspecified atom stereocenters. The van der Waals surface area contributed by atoms with Crippen molar-refractivity contribution >= 4 is 17.2 Å². The molecule has 130 valence electrons. The standard InChI is InChI=1S/C18H24N2O3S/c1-4-16(13(3)21)20-17(22)9-14-11-24-18(19-14)10-23-15-7-5-12(2)6-8-15/h5-8,11,13,16,21H,4,9-10H2,1-3H3,(H,20,22)/t13-,16+/m0/s1. The molecule has 2 aromatic rings. The van der Waals surface area contributed by atoms with E-state index in [1.807, 2.05) is 43.5 Å². The van der Waals surface area contributed by atoms with Crippen LogP contribution in [0.4, 0.5) is 0 Å². The Morgan fingerprint density at radius 2 is 2.08 bits per heavy atom. The van der Waals surface area contributed by atoms with Crippen molar-refractivity contribution in [1.29, 1.82) is 0 Å². The fourth-order valence-corrected chi connectivity index (χ4v) is 2.97. The molecule has 0 aliphatic carbocycles. The van der Waals surface area contributed by atoms with Gasteiger partial charge in [-0.1, -0.05) is 24.6 Å². The van der Waals surface area contributed by atoms with Crippen LogP contribution in [0.15, 0.2) is 29.6 Å². The molecule has 0 bridgehead atoms. The zero-order chi connectivity index (χ0) is 17.5. The number of carbonyl (C=O) groups is 1. The lowest BCUT2D eigenvalue weighted by Gasteiger charge is -2.19. The molecule has 1 heterocycles. The van der Waals surface area contributed by atoms with Gasteiger partial charge in [0.05, 0.1) is 24.3 Å². The van der Waals surface area contributed by atoms with E-state index in [2.05, 4.69) is 10.3 Å². The summed E-state index contributed by atoms with van der Waals surface area (Å²) in [4.78, 5) is 16.4. The van der Waals surface area contributed by atoms with Gasteiger partial charge in [0, 0.05) is 5.38 Å². The summed E-state index contributed by atoms with van der Waals surface area (Å²) in [6.07, 6.45) is 0.341. The highest BCUT2D eigenvalue weighted by Gasteiger charge is 2.16. The molecule has 0 radical (unpaired) electrons. The van der Waals surface area contributed by atoms with Gasteiger partial charge in [-0.15, -0.1) is 11.3 Å². The summed E-state index contributed by atoms with van der Waals surface area (Å²) in [6, 6.07) is 7.63. The molecule has 5 nitrogen and oxygen atoms in total. The SMILES string of the molecule is CC[C@@H](NC(=O)Cc1csc(COc2ccc(C)cc2)n1)[C@H](C)O. The Kier molecular flexibility index (Phi) is 6.75. The number of hydrogen-bond donors (Lipinski definition) is 2. The second kappa shape index (κ2) is 8.80. The molecule has 0 saturated carbocycles. The lowest BCUT2D eigenvalue weighted by atomic mass is 10.1. The van der Waals surface area contributed by atoms with Gasteiger partial charge in [-0.05, 0) is 32.4 Å². The fraction of sp³-hybridized carbons (Fsp3) is 0.444. The first-order valence-corrected chi connectivity index (χ1v) is 8.96. The van der Waals surface area contributed by atoms with Gasteiger partial charge in [0.15, 0.2) is 0 Å². The molecule has 0 spiro atoms. The number of nitrogens with one attached hydrogen (secondary N) is 1. The highest BCUT2D eigenvalue weighted by molar-refractivity contribution is 7.09. The van der Waals surface area contributed by atoms with Crippen molar-refractivity contribution in [2.75, 3.05) is 0 Å². The van der Waals surface area contributed by atoms with E-state index in [9.17, 15) is 9.90 Å². The van der Waals surface area contributed by atoms with Crippen molar-refractivity contribution in [2.45, 2.75) is 52.4 Å². The summed E-state index contributed by atoms with van der Waals surface area (Å²) in [6.45, 7) is 6.03. The van der Waals surface area contributed by atoms with E-state index in [1.54, 1.807) is 6.92 Å². The van der Waals surface area contributed by atoms with Crippen molar-refractivity contribution in [1.82, 2.24) is 10.3 Å². The number of hydrogen-bond acceptors (Lipinski definition) is 5. The maximum atomic E-state index is 12.0. The highest BCUT2D eigenvalue weighted by atomic mass is 32.1. The van der Waals surface area contributed by atoms with E-state index in [-0.39, 0.29) is 18.4 Å². The molecular formula is C18H24N2O3S. The molecule has 2 N–H and O–H groups in total. The van der Waals surface area contributed by atoms with Crippen molar-refractivity contribution in [3.05, 3.63) is 45.9 Å². The Morgan fingerprint density at radius 1 is 1.38 bits per heavy atom. The number of ether oxygens (including phenoxy) is 1. The topological polar surface area (TPSA) is 71.5 Å². The number of rotatable bonds is 8. The number of nitrogens with zero attached hydrogens (tertiary/aromatic N) is 1. The van der Waals surface area contributed by atoms with Crippen LogP contribution in [0.2, 0.25) is 0 Å². The largest absolute Gasteiger partial charge is 0.486 e. The third kappa shape index (κ3) is 5.62. The van der Waals surface area contributed by atoms with Crippen molar-refractivity contribution < 1.29 is 14.6 Å². The summed E-state index contributed by atoms with van der Waals surface area (Å²) >= 11 is 1.48. The average Bonchev–Trinajstić information content (AvgIpc) is 2.99. The van der Waals surface area contributed by atoms with Gasteiger partial charge in [-0.2, -0.15) is 0 Å². The zero-order valence-corrected chi connectivity index (χ0v) is 15.1. The van der Waals surface area contributed by atoms with Crippen LogP contribution in [0.25, 0.3) is 0 Å². The van der Waals surface area contributed by atoms with Crippen molar-refractivity contribution in [3.63, 3.8) is 0 Å². The van der Waals surface area contributed by atoms with Gasteiger partial charge < -0.3 is 15.2 Å². The number of aliphatic hydroxyl groups is 1. The van der Waals surface area contributed by atoms with E-state index in [4.69, 9.17) is 4.74 Å². The van der Waals surface area contributed by atoms with E-state index in [0.29, 0.717) is 13.0 Å². The summed E-state index contributed by atoms with van der Waals surface area (Å²) in [5, 5.41) is 15.1. The monoisotopic (exact) mass is 348 g/mol. The fourth-order valence-electron chi connectivity index (χ4n) is 2.26. The van der Waals surface area contributed by atoms with Gasteiger partial charge in [0.1, 0.15) is 17.4 Å². The minimum atomic E-state index is -0.562. The van der Waals surface area contributed by atoms with Crippen LogP contribution in [-0.4, -0.2) is 28.1 Å². The van der Waals surface area contributed by atoms with E-state index in [0.717, 1.165) is 16.5 Å². The maximum Gasteiger partial charge on any atom is 0.226 e. The molecule has 2 rings (SSSR count). The molecule has 1 amide bonds. The van der Waals surface area contributed by atoms with Gasteiger partial charge in [-0.3, -0.25) is 4.79 Å². The van der Waals surface area contributed by atoms with Gasteiger partial charge in [0.2, 0.25) is 5.91 Å². The van der Waals surface area contributed by atoms with Crippen LogP contribution >= 0.6 is 11.3 Å². The van der Waals surface area contributed by atoms with Gasteiger partial charge in [0.25, 0.3) is 0 Å². The molecule has 0 fully saturated rings. The third-order valence-electron chi connectivity index (χ3n) is 3.69. The number of amides is 1. The van der Waals surface area contributed by atoms with E-state index < -0.39 is 6.10 Å². The minimum Gasteiger partial charge on any atom is -0.486 e. The molecule has 0 saturated heterocycles. The summed E-state index contributed by atoms with van der Waals surface area (Å²) in [5.41, 5.74) is 1.91. The average molecular weight is 348 g/mol. The number of carbonyl (C=O) groups excluding carboxylic acids is 1. The maximum absolute atomic E-state index is 12.0. The lowest BCUT2D eigenvalue weighted by molar-refractivity contribution is -0.122. The van der Waals surface area contributed by atoms with Gasteiger partial charge in [-0.25, -0.2) is 4.98 Å². The Balaban J connectivity index is 1.84. The molecule has 1 aromatic carbocycles. The molecule has 1 aromatic heterocycles. The first-order chi connectivity index (χ1) is 11.5. The number of benzene rings is 1. The Hall–Kier alpha value is -1.92. The Bertz CT molecular complexity index is 653. The molecule has 2 atom stereocenters. The molecule has 24 heavy (non-hydrogen) atoms. The molecular weight excluding hydrogens is 324 g/mol. The van der Waals surface area contributed by atoms with Crippen LogP contribution in [0, 0.1) is 6.92 Å². The summed E-state index contributed by atoms with van der Waals surface area (Å²) in [7, 11) is 0. The number of aliphatic hydroxyl groups excluding tert-OH is 1. The zero-order valence-electron chi connectivity index (χ0n) is 14.3. The highest BCUT2D eigenvalue weighted by Crippen LogP contribution is 2.16. The number of thiazole rings is 1. The Morgan fingerprint density at radius 3 is 2.71 bits per heavy atom. The van der Waals surface area contributed by atoms with E-state index in [1.165, 1.54) is 16.9 Å². The predicted molar refractivity (Wildman–Crippen MR) is 95.2 cm³/mol. The second-order valence-electron chi connectivity index (χ2n) is 5.83. The van der Waals surface area contributed by atoms with Crippen molar-refractivity contribution in [2.24, 2.45) is 0 Å². The number of aryl methyl sites for hydroxylation is 1. The molecule has 0 aliphatic heterocycles. The quantitative estimate of drug-likeness (QED) is 0.769. The van der Waals surface area contributed by atoms with Crippen LogP contribution in [0.5, 0.6) is 5.75 Å². The molecule has 0 aliphatic rings. The van der Waals surface area contributed by atoms with Gasteiger partial charge >= 0.3 is 0 Å².